The van der Waals surface area contributed by atoms with Gasteiger partial charge in [0.05, 0.1) is 6.10 Å². The second-order valence-electron chi connectivity index (χ2n) is 5.58. The maximum atomic E-state index is 10.1. The Morgan fingerprint density at radius 2 is 2.08 bits per heavy atom. The van der Waals surface area contributed by atoms with E-state index in [0.29, 0.717) is 24.6 Å². The zero-order valence-electron chi connectivity index (χ0n) is 14.0. The number of aliphatic carboxylic acids is 2. The Morgan fingerprint density at radius 3 is 2.56 bits per heavy atom. The van der Waals surface area contributed by atoms with E-state index in [1.54, 1.807) is 6.20 Å². The molecule has 0 spiro atoms. The number of rotatable bonds is 5. The summed E-state index contributed by atoms with van der Waals surface area (Å²) in [6, 6.07) is 2.25. The maximum absolute atomic E-state index is 10.1. The van der Waals surface area contributed by atoms with Crippen LogP contribution in [0, 0.1) is 12.3 Å². The number of carboxylic acid groups (broad SMARTS) is 2. The van der Waals surface area contributed by atoms with Gasteiger partial charge in [-0.15, -0.1) is 12.3 Å². The average molecular weight is 346 g/mol. The largest absolute Gasteiger partial charge is 0.478 e. The zero-order valence-corrected chi connectivity index (χ0v) is 14.0. The topological polar surface area (TPSA) is 111 Å². The van der Waals surface area contributed by atoms with Crippen molar-refractivity contribution in [3.05, 3.63) is 41.7 Å². The molecule has 7 heteroatoms. The van der Waals surface area contributed by atoms with E-state index in [0.717, 1.165) is 24.1 Å². The summed E-state index contributed by atoms with van der Waals surface area (Å²) >= 11 is 0. The van der Waals surface area contributed by atoms with Gasteiger partial charge in [0.2, 0.25) is 0 Å². The third kappa shape index (κ3) is 6.75. The van der Waals surface area contributed by atoms with Crippen molar-refractivity contribution in [2.75, 3.05) is 13.6 Å². The van der Waals surface area contributed by atoms with Gasteiger partial charge in [-0.25, -0.2) is 9.59 Å². The van der Waals surface area contributed by atoms with E-state index in [4.69, 9.17) is 16.6 Å². The molecule has 2 unspecified atom stereocenters. The van der Waals surface area contributed by atoms with E-state index in [2.05, 4.69) is 22.9 Å². The Kier molecular flexibility index (Phi) is 8.33. The number of aliphatic hydroxyl groups excluding tert-OH is 1. The summed E-state index contributed by atoms with van der Waals surface area (Å²) in [4.78, 5) is 25.6. The fraction of sp³-hybridized carbons (Fsp3) is 0.389. The molecule has 134 valence electrons. The quantitative estimate of drug-likeness (QED) is 0.549. The van der Waals surface area contributed by atoms with Crippen LogP contribution in [0.3, 0.4) is 0 Å². The molecular weight excluding hydrogens is 324 g/mol. The first-order chi connectivity index (χ1) is 11.9. The number of hydrogen-bond donors (Lipinski definition) is 3. The highest BCUT2D eigenvalue weighted by molar-refractivity contribution is 5.89. The first kappa shape index (κ1) is 20.4. The summed E-state index contributed by atoms with van der Waals surface area (Å²) in [5, 5.41) is 25.7. The minimum absolute atomic E-state index is 0.355. The van der Waals surface area contributed by atoms with Crippen LogP contribution in [0.25, 0.3) is 0 Å². The van der Waals surface area contributed by atoms with Crippen LogP contribution < -0.4 is 0 Å². The Morgan fingerprint density at radius 1 is 1.44 bits per heavy atom. The fourth-order valence-corrected chi connectivity index (χ4v) is 2.67. The highest BCUT2D eigenvalue weighted by atomic mass is 16.4. The lowest BCUT2D eigenvalue weighted by Gasteiger charge is -2.23. The number of pyridine rings is 1. The third-order valence-electron chi connectivity index (χ3n) is 3.81. The maximum Gasteiger partial charge on any atom is 0.328 e. The molecule has 3 N–H and O–H groups in total. The molecule has 1 aliphatic rings. The van der Waals surface area contributed by atoms with Crippen LogP contribution in [0.15, 0.2) is 30.6 Å². The number of likely N-dealkylation sites (tertiary alicyclic amines) is 1. The second kappa shape index (κ2) is 10.2. The number of terminal acetylenes is 1. The minimum Gasteiger partial charge on any atom is -0.478 e. The normalized spacial score (nSPS) is 18.2. The Balaban J connectivity index is 0.000000333. The van der Waals surface area contributed by atoms with E-state index in [1.807, 2.05) is 12.3 Å². The number of carbonyl (C=O) groups is 2. The van der Waals surface area contributed by atoms with Crippen molar-refractivity contribution >= 4 is 11.9 Å². The van der Waals surface area contributed by atoms with E-state index < -0.39 is 18.0 Å². The summed E-state index contributed by atoms with van der Waals surface area (Å²) in [5.74, 6) is -0.00312. The lowest BCUT2D eigenvalue weighted by molar-refractivity contribution is -0.134. The van der Waals surface area contributed by atoms with E-state index in [-0.39, 0.29) is 0 Å². The monoisotopic (exact) mass is 346 g/mol. The summed E-state index contributed by atoms with van der Waals surface area (Å²) < 4.78 is 0. The lowest BCUT2D eigenvalue weighted by Crippen LogP contribution is -2.19. The molecule has 0 bridgehead atoms. The fourth-order valence-electron chi connectivity index (χ4n) is 2.67. The molecule has 0 saturated carbocycles. The van der Waals surface area contributed by atoms with E-state index in [9.17, 15) is 14.7 Å². The summed E-state index contributed by atoms with van der Waals surface area (Å²) in [7, 11) is 2.11. The molecule has 1 aromatic rings. The van der Waals surface area contributed by atoms with Crippen LogP contribution in [-0.2, 0) is 9.59 Å². The van der Waals surface area contributed by atoms with Gasteiger partial charge >= 0.3 is 11.9 Å². The molecule has 2 heterocycles. The molecule has 2 atom stereocenters. The Bertz CT molecular complexity index is 650. The number of aliphatic hydroxyl groups is 1. The molecular formula is C18H22N2O5. The highest BCUT2D eigenvalue weighted by Gasteiger charge is 2.26. The first-order valence-corrected chi connectivity index (χ1v) is 7.76. The molecule has 0 aromatic carbocycles. The van der Waals surface area contributed by atoms with Crippen LogP contribution >= 0.6 is 0 Å². The Hall–Kier alpha value is -2.69. The van der Waals surface area contributed by atoms with Crippen LogP contribution in [0.1, 0.15) is 42.5 Å². The van der Waals surface area contributed by atoms with Crippen molar-refractivity contribution < 1.29 is 24.9 Å². The average Bonchev–Trinajstić information content (AvgIpc) is 2.99. The molecule has 1 aromatic heterocycles. The van der Waals surface area contributed by atoms with Gasteiger partial charge in [-0.05, 0) is 43.6 Å². The van der Waals surface area contributed by atoms with Gasteiger partial charge in [-0.1, -0.05) is 0 Å². The van der Waals surface area contributed by atoms with Crippen LogP contribution in [0.5, 0.6) is 0 Å². The van der Waals surface area contributed by atoms with Crippen molar-refractivity contribution in [1.82, 2.24) is 9.88 Å². The molecule has 1 fully saturated rings. The van der Waals surface area contributed by atoms with Gasteiger partial charge in [0, 0.05) is 37.0 Å². The molecule has 0 amide bonds. The Labute approximate surface area is 146 Å². The molecule has 0 aliphatic carbocycles. The molecule has 0 radical (unpaired) electrons. The van der Waals surface area contributed by atoms with Gasteiger partial charge in [0.15, 0.2) is 0 Å². The number of aromatic nitrogens is 1. The highest BCUT2D eigenvalue weighted by Crippen LogP contribution is 2.34. The molecule has 1 aliphatic heterocycles. The van der Waals surface area contributed by atoms with Gasteiger partial charge in [0.25, 0.3) is 0 Å². The second-order valence-corrected chi connectivity index (χ2v) is 5.58. The van der Waals surface area contributed by atoms with Gasteiger partial charge in [0.1, 0.15) is 0 Å². The minimum atomic E-state index is -1.26. The zero-order chi connectivity index (χ0) is 18.8. The van der Waals surface area contributed by atoms with E-state index >= 15 is 0 Å². The SMILES string of the molecule is C#CCC(O)c1ccncc1C1CCCN1C.O=C(O)/C=C/C(=O)O. The molecule has 1 saturated heterocycles. The summed E-state index contributed by atoms with van der Waals surface area (Å²) in [5.41, 5.74) is 2.05. The summed E-state index contributed by atoms with van der Waals surface area (Å²) in [6.45, 7) is 1.10. The smallest absolute Gasteiger partial charge is 0.328 e. The lowest BCUT2D eigenvalue weighted by atomic mass is 9.96. The van der Waals surface area contributed by atoms with Gasteiger partial charge < -0.3 is 15.3 Å². The molecule has 25 heavy (non-hydrogen) atoms. The molecule has 7 nitrogen and oxygen atoms in total. The predicted octanol–water partition coefficient (Wildman–Crippen LogP) is 1.62. The van der Waals surface area contributed by atoms with Gasteiger partial charge in [-0.3, -0.25) is 9.88 Å². The van der Waals surface area contributed by atoms with Crippen molar-refractivity contribution in [3.8, 4) is 12.3 Å². The van der Waals surface area contributed by atoms with Crippen LogP contribution in [-0.4, -0.2) is 50.7 Å². The standard InChI is InChI=1S/C14H18N2O.C4H4O4/c1-3-5-14(17)11-7-8-15-10-12(11)13-6-4-9-16(13)2;5-3(6)1-2-4(7)8/h1,7-8,10,13-14,17H,4-6,9H2,2H3;1-2H,(H,5,6)(H,7,8)/b;2-1+. The number of nitrogens with zero attached hydrogens (tertiary/aromatic N) is 2. The van der Waals surface area contributed by atoms with Crippen LogP contribution in [0.4, 0.5) is 0 Å². The van der Waals surface area contributed by atoms with Crippen molar-refractivity contribution in [2.45, 2.75) is 31.4 Å². The van der Waals surface area contributed by atoms with Crippen molar-refractivity contribution in [2.24, 2.45) is 0 Å². The van der Waals surface area contributed by atoms with Crippen molar-refractivity contribution in [3.63, 3.8) is 0 Å². The number of carboxylic acids is 2. The third-order valence-corrected chi connectivity index (χ3v) is 3.81. The van der Waals surface area contributed by atoms with Crippen molar-refractivity contribution in [1.29, 1.82) is 0 Å². The van der Waals surface area contributed by atoms with Gasteiger partial charge in [-0.2, -0.15) is 0 Å². The predicted molar refractivity (Wildman–Crippen MR) is 91.7 cm³/mol. The summed E-state index contributed by atoms with van der Waals surface area (Å²) in [6.07, 6.45) is 12.1. The van der Waals surface area contributed by atoms with E-state index in [1.165, 1.54) is 6.42 Å². The number of hydrogen-bond acceptors (Lipinski definition) is 5. The first-order valence-electron chi connectivity index (χ1n) is 7.76. The van der Waals surface area contributed by atoms with Crippen LogP contribution in [0.2, 0.25) is 0 Å². The molecule has 2 rings (SSSR count).